The smallest absolute Gasteiger partial charge is 0.0214 e. The summed E-state index contributed by atoms with van der Waals surface area (Å²) in [4.78, 5) is 0. The maximum absolute atomic E-state index is 3.54. The van der Waals surface area contributed by atoms with E-state index < -0.39 is 0 Å². The lowest BCUT2D eigenvalue weighted by molar-refractivity contribution is 0.383. The normalized spacial score (nSPS) is 22.4. The molecule has 2 rings (SSSR count). The van der Waals surface area contributed by atoms with Crippen LogP contribution < -0.4 is 10.6 Å². The summed E-state index contributed by atoms with van der Waals surface area (Å²) >= 11 is 1.77. The second-order valence-electron chi connectivity index (χ2n) is 3.91. The summed E-state index contributed by atoms with van der Waals surface area (Å²) in [7, 11) is 0. The van der Waals surface area contributed by atoms with E-state index in [0.717, 1.165) is 13.1 Å². The van der Waals surface area contributed by atoms with Gasteiger partial charge < -0.3 is 10.6 Å². The first-order valence-corrected chi connectivity index (χ1v) is 6.34. The van der Waals surface area contributed by atoms with E-state index in [4.69, 9.17) is 0 Å². The average Bonchev–Trinajstić information content (AvgIpc) is 2.72. The van der Waals surface area contributed by atoms with Gasteiger partial charge in [0.05, 0.1) is 0 Å². The molecule has 1 aliphatic rings. The zero-order valence-electron chi connectivity index (χ0n) is 8.46. The summed E-state index contributed by atoms with van der Waals surface area (Å²) in [5.74, 6) is 0. The fourth-order valence-corrected chi connectivity index (χ4v) is 2.55. The highest BCUT2D eigenvalue weighted by Gasteiger charge is 2.11. The Morgan fingerprint density at radius 2 is 2.50 bits per heavy atom. The highest BCUT2D eigenvalue weighted by atomic mass is 32.1. The second-order valence-corrected chi connectivity index (χ2v) is 4.69. The maximum atomic E-state index is 3.54. The summed E-state index contributed by atoms with van der Waals surface area (Å²) in [6, 6.07) is 2.88. The molecule has 1 unspecified atom stereocenters. The van der Waals surface area contributed by atoms with Crippen LogP contribution in [0, 0.1) is 0 Å². The highest BCUT2D eigenvalue weighted by molar-refractivity contribution is 7.07. The van der Waals surface area contributed by atoms with Crippen molar-refractivity contribution in [1.82, 2.24) is 10.6 Å². The zero-order chi connectivity index (χ0) is 9.64. The Bertz CT molecular complexity index is 240. The van der Waals surface area contributed by atoms with Crippen LogP contribution in [0.1, 0.15) is 24.8 Å². The number of rotatable bonds is 4. The molecule has 1 aromatic heterocycles. The Morgan fingerprint density at radius 3 is 3.21 bits per heavy atom. The Balaban J connectivity index is 1.62. The molecule has 1 fully saturated rings. The molecular weight excluding hydrogens is 192 g/mol. The fourth-order valence-electron chi connectivity index (χ4n) is 1.88. The van der Waals surface area contributed by atoms with Gasteiger partial charge in [-0.15, -0.1) is 0 Å². The molecule has 0 bridgehead atoms. The van der Waals surface area contributed by atoms with Gasteiger partial charge in [-0.25, -0.2) is 0 Å². The molecular formula is C11H18N2S. The van der Waals surface area contributed by atoms with Gasteiger partial charge >= 0.3 is 0 Å². The van der Waals surface area contributed by atoms with E-state index in [1.807, 2.05) is 0 Å². The second kappa shape index (κ2) is 5.49. The third kappa shape index (κ3) is 3.08. The van der Waals surface area contributed by atoms with Crippen molar-refractivity contribution in [3.05, 3.63) is 22.4 Å². The van der Waals surface area contributed by atoms with Crippen molar-refractivity contribution in [3.63, 3.8) is 0 Å². The van der Waals surface area contributed by atoms with E-state index in [1.165, 1.54) is 31.4 Å². The standard InChI is InChI=1S/C11H18N2S/c1-2-5-13-11(3-1)8-12-7-10-4-6-14-9-10/h4,6,9,11-13H,1-3,5,7-8H2. The van der Waals surface area contributed by atoms with Crippen molar-refractivity contribution < 1.29 is 0 Å². The van der Waals surface area contributed by atoms with Crippen LogP contribution in [-0.2, 0) is 6.54 Å². The number of piperidine rings is 1. The monoisotopic (exact) mass is 210 g/mol. The van der Waals surface area contributed by atoms with Crippen molar-refractivity contribution in [1.29, 1.82) is 0 Å². The summed E-state index contributed by atoms with van der Waals surface area (Å²) in [6.45, 7) is 3.32. The van der Waals surface area contributed by atoms with Gasteiger partial charge in [-0.05, 0) is 41.8 Å². The molecule has 78 valence electrons. The number of hydrogen-bond acceptors (Lipinski definition) is 3. The molecule has 3 heteroatoms. The maximum Gasteiger partial charge on any atom is 0.0214 e. The van der Waals surface area contributed by atoms with Crippen LogP contribution in [0.3, 0.4) is 0 Å². The number of hydrogen-bond donors (Lipinski definition) is 2. The number of nitrogens with one attached hydrogen (secondary N) is 2. The zero-order valence-corrected chi connectivity index (χ0v) is 9.28. The first-order chi connectivity index (χ1) is 6.95. The van der Waals surface area contributed by atoms with Crippen LogP contribution in [0.25, 0.3) is 0 Å². The van der Waals surface area contributed by atoms with Crippen molar-refractivity contribution >= 4 is 11.3 Å². The van der Waals surface area contributed by atoms with Crippen LogP contribution >= 0.6 is 11.3 Å². The van der Waals surface area contributed by atoms with Gasteiger partial charge in [0.1, 0.15) is 0 Å². The minimum atomic E-state index is 0.697. The van der Waals surface area contributed by atoms with Gasteiger partial charge in [0.25, 0.3) is 0 Å². The summed E-state index contributed by atoms with van der Waals surface area (Å²) in [6.07, 6.45) is 4.06. The van der Waals surface area contributed by atoms with Gasteiger partial charge in [0, 0.05) is 19.1 Å². The minimum Gasteiger partial charge on any atom is -0.313 e. The van der Waals surface area contributed by atoms with Crippen molar-refractivity contribution in [2.45, 2.75) is 31.8 Å². The Kier molecular flexibility index (Phi) is 3.98. The molecule has 1 aliphatic heterocycles. The van der Waals surface area contributed by atoms with E-state index in [2.05, 4.69) is 27.5 Å². The third-order valence-corrected chi connectivity index (χ3v) is 3.44. The first-order valence-electron chi connectivity index (χ1n) is 5.40. The molecule has 1 saturated heterocycles. The van der Waals surface area contributed by atoms with Crippen LogP contribution in [0.4, 0.5) is 0 Å². The van der Waals surface area contributed by atoms with Crippen molar-refractivity contribution in [2.24, 2.45) is 0 Å². The van der Waals surface area contributed by atoms with E-state index in [9.17, 15) is 0 Å². The fraction of sp³-hybridized carbons (Fsp3) is 0.636. The summed E-state index contributed by atoms with van der Waals surface area (Å²) in [5.41, 5.74) is 1.41. The molecule has 0 radical (unpaired) electrons. The Morgan fingerprint density at radius 1 is 1.50 bits per heavy atom. The van der Waals surface area contributed by atoms with Crippen LogP contribution in [0.15, 0.2) is 16.8 Å². The molecule has 1 aromatic rings. The first kappa shape index (κ1) is 10.1. The molecule has 0 aromatic carbocycles. The van der Waals surface area contributed by atoms with Crippen molar-refractivity contribution in [3.8, 4) is 0 Å². The topological polar surface area (TPSA) is 24.1 Å². The van der Waals surface area contributed by atoms with Crippen LogP contribution in [0.5, 0.6) is 0 Å². The summed E-state index contributed by atoms with van der Waals surface area (Å²) in [5, 5.41) is 11.4. The highest BCUT2D eigenvalue weighted by Crippen LogP contribution is 2.07. The Hall–Kier alpha value is -0.380. The van der Waals surface area contributed by atoms with Crippen LogP contribution in [-0.4, -0.2) is 19.1 Å². The molecule has 2 nitrogen and oxygen atoms in total. The SMILES string of the molecule is c1cc(CNCC2CCCCN2)cs1. The lowest BCUT2D eigenvalue weighted by atomic mass is 10.1. The lowest BCUT2D eigenvalue weighted by Gasteiger charge is -2.23. The third-order valence-electron chi connectivity index (χ3n) is 2.71. The molecule has 2 heterocycles. The molecule has 0 amide bonds. The van der Waals surface area contributed by atoms with E-state index in [-0.39, 0.29) is 0 Å². The Labute approximate surface area is 89.7 Å². The lowest BCUT2D eigenvalue weighted by Crippen LogP contribution is -2.41. The predicted molar refractivity (Wildman–Crippen MR) is 61.7 cm³/mol. The molecule has 14 heavy (non-hydrogen) atoms. The number of thiophene rings is 1. The molecule has 0 spiro atoms. The average molecular weight is 210 g/mol. The van der Waals surface area contributed by atoms with E-state index in [1.54, 1.807) is 11.3 Å². The van der Waals surface area contributed by atoms with Gasteiger partial charge in [-0.1, -0.05) is 6.42 Å². The van der Waals surface area contributed by atoms with Crippen LogP contribution in [0.2, 0.25) is 0 Å². The van der Waals surface area contributed by atoms with E-state index in [0.29, 0.717) is 6.04 Å². The van der Waals surface area contributed by atoms with Gasteiger partial charge in [-0.3, -0.25) is 0 Å². The van der Waals surface area contributed by atoms with Gasteiger partial charge in [0.2, 0.25) is 0 Å². The molecule has 2 N–H and O–H groups in total. The molecule has 0 aliphatic carbocycles. The quantitative estimate of drug-likeness (QED) is 0.794. The van der Waals surface area contributed by atoms with Gasteiger partial charge in [0.15, 0.2) is 0 Å². The largest absolute Gasteiger partial charge is 0.313 e. The predicted octanol–water partition coefficient (Wildman–Crippen LogP) is 1.98. The summed E-state index contributed by atoms with van der Waals surface area (Å²) < 4.78 is 0. The van der Waals surface area contributed by atoms with E-state index >= 15 is 0 Å². The van der Waals surface area contributed by atoms with Crippen molar-refractivity contribution in [2.75, 3.05) is 13.1 Å². The van der Waals surface area contributed by atoms with Gasteiger partial charge in [-0.2, -0.15) is 11.3 Å². The minimum absolute atomic E-state index is 0.697. The molecule has 1 atom stereocenters. The molecule has 0 saturated carbocycles.